The smallest absolute Gasteiger partial charge is 0.270 e. The van der Waals surface area contributed by atoms with Crippen LogP contribution in [0.1, 0.15) is 24.2 Å². The number of nitrogens with one attached hydrogen (secondary N) is 2. The van der Waals surface area contributed by atoms with E-state index in [2.05, 4.69) is 20.8 Å². The number of morpholine rings is 1. The van der Waals surface area contributed by atoms with E-state index in [4.69, 9.17) is 4.74 Å². The Kier molecular flexibility index (Phi) is 7.81. The normalized spacial score (nSPS) is 18.4. The number of carbonyl (C=O) groups is 2. The molecule has 1 aromatic rings. The number of allylic oxidation sites excluding steroid dienone is 3. The largest absolute Gasteiger partial charge is 0.378 e. The Bertz CT molecular complexity index is 902. The molecule has 8 nitrogen and oxygen atoms in total. The van der Waals surface area contributed by atoms with Crippen molar-refractivity contribution in [2.45, 2.75) is 13.8 Å². The average Bonchev–Trinajstić information content (AvgIpc) is 2.79. The molecule has 0 aromatic heterocycles. The van der Waals surface area contributed by atoms with Crippen LogP contribution in [0, 0.1) is 0 Å². The van der Waals surface area contributed by atoms with E-state index >= 15 is 0 Å². The summed E-state index contributed by atoms with van der Waals surface area (Å²) < 4.78 is 5.33. The van der Waals surface area contributed by atoms with Crippen molar-refractivity contribution in [2.24, 2.45) is 10.1 Å². The van der Waals surface area contributed by atoms with Crippen LogP contribution < -0.4 is 10.7 Å². The Labute approximate surface area is 180 Å². The number of benzene rings is 1. The lowest BCUT2D eigenvalue weighted by molar-refractivity contribution is -0.131. The lowest BCUT2D eigenvalue weighted by Gasteiger charge is -2.27. The second kappa shape index (κ2) is 10.7. The SMILES string of the molecule is CCSC1=N/C(=C\C=C(/NC(=O)c2ccccc2)C(=O)N2CCOCC2)C(C)=NN1. The minimum atomic E-state index is -0.344. The molecule has 0 radical (unpaired) electrons. The van der Waals surface area contributed by atoms with Gasteiger partial charge in [-0.25, -0.2) is 4.99 Å². The quantitative estimate of drug-likeness (QED) is 0.702. The van der Waals surface area contributed by atoms with Crippen LogP contribution in [0.2, 0.25) is 0 Å². The molecule has 0 atom stereocenters. The van der Waals surface area contributed by atoms with Crippen molar-refractivity contribution >= 4 is 34.5 Å². The minimum absolute atomic E-state index is 0.185. The van der Waals surface area contributed by atoms with Gasteiger partial charge in [0.25, 0.3) is 11.8 Å². The van der Waals surface area contributed by atoms with Crippen LogP contribution in [-0.2, 0) is 9.53 Å². The van der Waals surface area contributed by atoms with Gasteiger partial charge in [-0.1, -0.05) is 36.9 Å². The summed E-state index contributed by atoms with van der Waals surface area (Å²) in [5.41, 5.74) is 4.88. The monoisotopic (exact) mass is 427 g/mol. The summed E-state index contributed by atoms with van der Waals surface area (Å²) >= 11 is 1.54. The van der Waals surface area contributed by atoms with Crippen LogP contribution in [0.25, 0.3) is 0 Å². The molecule has 2 heterocycles. The maximum absolute atomic E-state index is 13.1. The third-order valence-corrected chi connectivity index (χ3v) is 5.16. The third-order valence-electron chi connectivity index (χ3n) is 4.41. The number of amidine groups is 1. The number of carbonyl (C=O) groups excluding carboxylic acids is 2. The first kappa shape index (κ1) is 21.8. The molecule has 0 spiro atoms. The first-order valence-electron chi connectivity index (χ1n) is 9.76. The van der Waals surface area contributed by atoms with Crippen molar-refractivity contribution in [1.29, 1.82) is 0 Å². The number of hydrogen-bond donors (Lipinski definition) is 2. The van der Waals surface area contributed by atoms with E-state index in [9.17, 15) is 9.59 Å². The first-order chi connectivity index (χ1) is 14.6. The Morgan fingerprint density at radius 3 is 2.70 bits per heavy atom. The molecule has 9 heteroatoms. The summed E-state index contributed by atoms with van der Waals surface area (Å²) in [5, 5.41) is 7.70. The molecule has 30 heavy (non-hydrogen) atoms. The molecule has 0 aliphatic carbocycles. The maximum Gasteiger partial charge on any atom is 0.270 e. The fourth-order valence-corrected chi connectivity index (χ4v) is 3.36. The van der Waals surface area contributed by atoms with Crippen LogP contribution in [-0.4, -0.2) is 59.6 Å². The van der Waals surface area contributed by atoms with E-state index in [0.717, 1.165) is 5.75 Å². The molecule has 2 aliphatic heterocycles. The highest BCUT2D eigenvalue weighted by Gasteiger charge is 2.22. The zero-order valence-corrected chi connectivity index (χ0v) is 17.9. The molecule has 0 unspecified atom stereocenters. The molecule has 0 saturated carbocycles. The predicted molar refractivity (Wildman–Crippen MR) is 119 cm³/mol. The molecular weight excluding hydrogens is 402 g/mol. The van der Waals surface area contributed by atoms with Crippen molar-refractivity contribution in [3.8, 4) is 0 Å². The van der Waals surface area contributed by atoms with Crippen LogP contribution in [0.4, 0.5) is 0 Å². The van der Waals surface area contributed by atoms with Gasteiger partial charge in [-0.3, -0.25) is 15.0 Å². The number of ether oxygens (including phenoxy) is 1. The summed E-state index contributed by atoms with van der Waals surface area (Å²) in [5.74, 6) is 0.260. The lowest BCUT2D eigenvalue weighted by atomic mass is 10.2. The minimum Gasteiger partial charge on any atom is -0.378 e. The van der Waals surface area contributed by atoms with Crippen molar-refractivity contribution in [3.05, 3.63) is 59.4 Å². The van der Waals surface area contributed by atoms with Crippen LogP contribution in [0.3, 0.4) is 0 Å². The second-order valence-electron chi connectivity index (χ2n) is 6.52. The fourth-order valence-electron chi connectivity index (χ4n) is 2.81. The number of thioether (sulfide) groups is 1. The van der Waals surface area contributed by atoms with E-state index in [1.165, 1.54) is 0 Å². The Balaban J connectivity index is 1.87. The molecule has 2 amide bonds. The van der Waals surface area contributed by atoms with Gasteiger partial charge in [-0.2, -0.15) is 5.10 Å². The van der Waals surface area contributed by atoms with Gasteiger partial charge in [-0.05, 0) is 37.0 Å². The van der Waals surface area contributed by atoms with E-state index in [1.807, 2.05) is 19.9 Å². The van der Waals surface area contributed by atoms with Crippen molar-refractivity contribution < 1.29 is 14.3 Å². The van der Waals surface area contributed by atoms with E-state index < -0.39 is 0 Å². The summed E-state index contributed by atoms with van der Waals surface area (Å²) in [6.07, 6.45) is 3.30. The van der Waals surface area contributed by atoms with Gasteiger partial charge < -0.3 is 15.0 Å². The van der Waals surface area contributed by atoms with E-state index in [0.29, 0.717) is 48.4 Å². The Morgan fingerprint density at radius 1 is 1.27 bits per heavy atom. The maximum atomic E-state index is 13.1. The lowest BCUT2D eigenvalue weighted by Crippen LogP contribution is -2.44. The number of rotatable bonds is 5. The third kappa shape index (κ3) is 5.80. The molecule has 1 aromatic carbocycles. The Hall–Kier alpha value is -2.91. The van der Waals surface area contributed by atoms with Crippen LogP contribution in [0.15, 0.2) is 64.0 Å². The highest BCUT2D eigenvalue weighted by molar-refractivity contribution is 8.13. The summed E-state index contributed by atoms with van der Waals surface area (Å²) in [4.78, 5) is 31.9. The molecule has 3 rings (SSSR count). The second-order valence-corrected chi connectivity index (χ2v) is 7.77. The number of amides is 2. The topological polar surface area (TPSA) is 95.4 Å². The summed E-state index contributed by atoms with van der Waals surface area (Å²) in [6.45, 7) is 5.77. The molecule has 1 saturated heterocycles. The van der Waals surface area contributed by atoms with Crippen LogP contribution in [0.5, 0.6) is 0 Å². The zero-order valence-electron chi connectivity index (χ0n) is 17.1. The summed E-state index contributed by atoms with van der Waals surface area (Å²) in [6, 6.07) is 8.79. The fraction of sp³-hybridized carbons (Fsp3) is 0.333. The zero-order chi connectivity index (χ0) is 21.3. The van der Waals surface area contributed by atoms with Gasteiger partial charge in [0, 0.05) is 18.7 Å². The van der Waals surface area contributed by atoms with Crippen LogP contribution >= 0.6 is 11.8 Å². The van der Waals surface area contributed by atoms with Gasteiger partial charge in [0.15, 0.2) is 5.17 Å². The van der Waals surface area contributed by atoms with Crippen molar-refractivity contribution in [3.63, 3.8) is 0 Å². The highest BCUT2D eigenvalue weighted by atomic mass is 32.2. The molecule has 0 bridgehead atoms. The number of hydrazone groups is 1. The molecular formula is C21H25N5O3S. The number of hydrogen-bond acceptors (Lipinski definition) is 7. The van der Waals surface area contributed by atoms with Gasteiger partial charge >= 0.3 is 0 Å². The summed E-state index contributed by atoms with van der Waals surface area (Å²) in [7, 11) is 0. The average molecular weight is 428 g/mol. The molecule has 1 fully saturated rings. The van der Waals surface area contributed by atoms with Gasteiger partial charge in [0.05, 0.1) is 24.6 Å². The predicted octanol–water partition coefficient (Wildman–Crippen LogP) is 2.13. The van der Waals surface area contributed by atoms with Gasteiger partial charge in [0.2, 0.25) is 0 Å². The number of aliphatic imine (C=N–C) groups is 1. The van der Waals surface area contributed by atoms with E-state index in [1.54, 1.807) is 53.1 Å². The van der Waals surface area contributed by atoms with Crippen molar-refractivity contribution in [1.82, 2.24) is 15.6 Å². The van der Waals surface area contributed by atoms with Crippen molar-refractivity contribution in [2.75, 3.05) is 32.1 Å². The molecule has 2 N–H and O–H groups in total. The van der Waals surface area contributed by atoms with Gasteiger partial charge in [-0.15, -0.1) is 0 Å². The standard InChI is InChI=1S/C21H25N5O3S/c1-3-30-21-23-17(15(2)24-25-21)9-10-18(20(28)26-11-13-29-14-12-26)22-19(27)16-7-5-4-6-8-16/h4-10H,3,11-14H2,1-2H3,(H,22,27)(H,23,25)/b17-9-,18-10-. The van der Waals surface area contributed by atoms with E-state index in [-0.39, 0.29) is 17.5 Å². The Morgan fingerprint density at radius 2 is 2.00 bits per heavy atom. The molecule has 158 valence electrons. The highest BCUT2D eigenvalue weighted by Crippen LogP contribution is 2.13. The van der Waals surface area contributed by atoms with Gasteiger partial charge in [0.1, 0.15) is 5.70 Å². The molecule has 2 aliphatic rings. The number of nitrogens with zero attached hydrogens (tertiary/aromatic N) is 3. The first-order valence-corrected chi connectivity index (χ1v) is 10.7.